The van der Waals surface area contributed by atoms with E-state index in [1.807, 2.05) is 25.1 Å². The molecule has 2 heterocycles. The summed E-state index contributed by atoms with van der Waals surface area (Å²) in [6.45, 7) is 3.70. The van der Waals surface area contributed by atoms with Crippen LogP contribution in [0.4, 0.5) is 10.1 Å². The smallest absolute Gasteiger partial charge is 0.269 e. The lowest BCUT2D eigenvalue weighted by Gasteiger charge is -2.11. The molecule has 4 aromatic rings. The van der Waals surface area contributed by atoms with Gasteiger partial charge in [-0.3, -0.25) is 14.0 Å². The van der Waals surface area contributed by atoms with E-state index in [4.69, 9.17) is 4.74 Å². The molecule has 7 nitrogen and oxygen atoms in total. The van der Waals surface area contributed by atoms with Crippen molar-refractivity contribution in [2.24, 2.45) is 0 Å². The first-order valence-electron chi connectivity index (χ1n) is 10.3. The van der Waals surface area contributed by atoms with E-state index in [1.165, 1.54) is 34.9 Å². The molecule has 0 saturated heterocycles. The fraction of sp³-hybridized carbons (Fsp3) is 0.0769. The van der Waals surface area contributed by atoms with Crippen molar-refractivity contribution in [1.82, 2.24) is 9.38 Å². The Hall–Kier alpha value is -4.77. The Balaban J connectivity index is 1.82. The third-order valence-corrected chi connectivity index (χ3v) is 5.04. The third-order valence-electron chi connectivity index (χ3n) is 5.04. The van der Waals surface area contributed by atoms with Crippen LogP contribution in [0, 0.1) is 31.0 Å². The van der Waals surface area contributed by atoms with E-state index in [9.17, 15) is 19.2 Å². The Kier molecular flexibility index (Phi) is 6.19. The number of carbonyl (C=O) groups excluding carboxylic acids is 1. The van der Waals surface area contributed by atoms with Gasteiger partial charge in [-0.2, -0.15) is 10.2 Å². The van der Waals surface area contributed by atoms with Gasteiger partial charge in [0.1, 0.15) is 34.4 Å². The van der Waals surface area contributed by atoms with E-state index in [0.717, 1.165) is 17.2 Å². The van der Waals surface area contributed by atoms with Crippen LogP contribution in [0.5, 0.6) is 11.6 Å². The van der Waals surface area contributed by atoms with E-state index in [2.05, 4.69) is 10.3 Å². The van der Waals surface area contributed by atoms with Gasteiger partial charge >= 0.3 is 0 Å². The Labute approximate surface area is 194 Å². The fourth-order valence-corrected chi connectivity index (χ4v) is 3.24. The molecule has 1 amide bonds. The average Bonchev–Trinajstić information content (AvgIpc) is 2.82. The number of nitriles is 1. The minimum Gasteiger partial charge on any atom is -0.438 e. The number of carbonyl (C=O) groups is 1. The van der Waals surface area contributed by atoms with Crippen LogP contribution >= 0.6 is 0 Å². The van der Waals surface area contributed by atoms with E-state index in [1.54, 1.807) is 31.2 Å². The molecule has 34 heavy (non-hydrogen) atoms. The van der Waals surface area contributed by atoms with Gasteiger partial charge in [0.2, 0.25) is 5.88 Å². The maximum Gasteiger partial charge on any atom is 0.269 e. The number of anilines is 1. The van der Waals surface area contributed by atoms with E-state index >= 15 is 0 Å². The number of pyridine rings is 1. The predicted molar refractivity (Wildman–Crippen MR) is 126 cm³/mol. The Morgan fingerprint density at radius 1 is 1.12 bits per heavy atom. The summed E-state index contributed by atoms with van der Waals surface area (Å²) < 4.78 is 20.4. The maximum absolute atomic E-state index is 13.3. The summed E-state index contributed by atoms with van der Waals surface area (Å²) >= 11 is 0. The summed E-state index contributed by atoms with van der Waals surface area (Å²) in [4.78, 5) is 30.5. The van der Waals surface area contributed by atoms with Crippen molar-refractivity contribution in [2.45, 2.75) is 13.8 Å². The summed E-state index contributed by atoms with van der Waals surface area (Å²) in [5.41, 5.74) is 1.66. The quantitative estimate of drug-likeness (QED) is 0.346. The summed E-state index contributed by atoms with van der Waals surface area (Å²) in [6.07, 6.45) is 2.68. The molecule has 0 aliphatic rings. The third kappa shape index (κ3) is 4.69. The lowest BCUT2D eigenvalue weighted by Crippen LogP contribution is -2.20. The summed E-state index contributed by atoms with van der Waals surface area (Å²) in [6, 6.07) is 17.6. The highest BCUT2D eigenvalue weighted by Gasteiger charge is 2.18. The number of rotatable bonds is 5. The Morgan fingerprint density at radius 2 is 1.82 bits per heavy atom. The lowest BCUT2D eigenvalue weighted by molar-refractivity contribution is -0.112. The number of aromatic nitrogens is 2. The number of fused-ring (bicyclic) bond motifs is 1. The molecule has 0 radical (unpaired) electrons. The molecule has 0 aliphatic carbocycles. The van der Waals surface area contributed by atoms with Crippen molar-refractivity contribution in [3.05, 3.63) is 105 Å². The van der Waals surface area contributed by atoms with Crippen LogP contribution in [0.3, 0.4) is 0 Å². The van der Waals surface area contributed by atoms with Crippen molar-refractivity contribution < 1.29 is 13.9 Å². The lowest BCUT2D eigenvalue weighted by atomic mass is 10.1. The zero-order chi connectivity index (χ0) is 24.2. The fourth-order valence-electron chi connectivity index (χ4n) is 3.24. The number of benzene rings is 2. The van der Waals surface area contributed by atoms with Gasteiger partial charge in [0.15, 0.2) is 0 Å². The van der Waals surface area contributed by atoms with Gasteiger partial charge in [-0.15, -0.1) is 0 Å². The molecule has 168 valence electrons. The van der Waals surface area contributed by atoms with Gasteiger partial charge in [0.25, 0.3) is 11.5 Å². The molecule has 0 bridgehead atoms. The van der Waals surface area contributed by atoms with Crippen LogP contribution in [0.2, 0.25) is 0 Å². The largest absolute Gasteiger partial charge is 0.438 e. The van der Waals surface area contributed by atoms with Crippen LogP contribution in [0.25, 0.3) is 11.7 Å². The Bertz CT molecular complexity index is 1520. The van der Waals surface area contributed by atoms with Crippen molar-refractivity contribution in [1.29, 1.82) is 5.26 Å². The summed E-state index contributed by atoms with van der Waals surface area (Å²) in [5.74, 6) is -1.01. The molecular weight excluding hydrogens is 435 g/mol. The summed E-state index contributed by atoms with van der Waals surface area (Å²) in [5, 5.41) is 12.3. The van der Waals surface area contributed by atoms with Crippen LogP contribution in [0.1, 0.15) is 16.7 Å². The topological polar surface area (TPSA) is 96.5 Å². The second-order valence-electron chi connectivity index (χ2n) is 7.57. The molecule has 0 spiro atoms. The molecule has 0 unspecified atom stereocenters. The van der Waals surface area contributed by atoms with Gasteiger partial charge < -0.3 is 10.1 Å². The second kappa shape index (κ2) is 9.38. The molecule has 2 aromatic heterocycles. The number of ether oxygens (including phenoxy) is 1. The highest BCUT2D eigenvalue weighted by molar-refractivity contribution is 6.09. The Morgan fingerprint density at radius 3 is 2.50 bits per heavy atom. The van der Waals surface area contributed by atoms with Crippen molar-refractivity contribution >= 4 is 23.3 Å². The number of aryl methyl sites for hydroxylation is 2. The molecule has 0 atom stereocenters. The molecule has 1 N–H and O–H groups in total. The molecule has 0 aliphatic heterocycles. The number of amides is 1. The molecular formula is C26H19FN4O3. The molecule has 4 rings (SSSR count). The summed E-state index contributed by atoms with van der Waals surface area (Å²) in [7, 11) is 0. The highest BCUT2D eigenvalue weighted by atomic mass is 19.1. The molecule has 0 saturated carbocycles. The minimum atomic E-state index is -0.687. The van der Waals surface area contributed by atoms with E-state index < -0.39 is 17.3 Å². The van der Waals surface area contributed by atoms with Crippen LogP contribution in [-0.4, -0.2) is 15.3 Å². The van der Waals surface area contributed by atoms with Gasteiger partial charge in [0, 0.05) is 11.9 Å². The first kappa shape index (κ1) is 22.4. The van der Waals surface area contributed by atoms with Gasteiger partial charge in [-0.1, -0.05) is 23.8 Å². The monoisotopic (exact) mass is 454 g/mol. The normalized spacial score (nSPS) is 11.2. The van der Waals surface area contributed by atoms with Crippen molar-refractivity contribution in [3.63, 3.8) is 0 Å². The van der Waals surface area contributed by atoms with Gasteiger partial charge in [-0.25, -0.2) is 4.39 Å². The van der Waals surface area contributed by atoms with Crippen molar-refractivity contribution in [2.75, 3.05) is 5.32 Å². The number of hydrogen-bond acceptors (Lipinski definition) is 5. The minimum absolute atomic E-state index is 0.0944. The standard InChI is InChI=1S/C26H19FN4O3/c1-16-5-9-20(10-6-16)29-24(32)18(15-28)14-22-25(34-21-11-7-19(27)8-12-21)30-23-17(2)4-3-13-31(23)26(22)33/h3-14H,1-2H3,(H,29,32)/b18-14+. The first-order chi connectivity index (χ1) is 16.4. The zero-order valence-electron chi connectivity index (χ0n) is 18.4. The number of hydrogen-bond donors (Lipinski definition) is 1. The number of nitrogens with one attached hydrogen (secondary N) is 1. The van der Waals surface area contributed by atoms with Crippen molar-refractivity contribution in [3.8, 4) is 17.7 Å². The first-order valence-corrected chi connectivity index (χ1v) is 10.3. The van der Waals surface area contributed by atoms with Crippen LogP contribution < -0.4 is 15.6 Å². The second-order valence-corrected chi connectivity index (χ2v) is 7.57. The number of halogens is 1. The maximum atomic E-state index is 13.3. The highest BCUT2D eigenvalue weighted by Crippen LogP contribution is 2.25. The SMILES string of the molecule is Cc1ccc(NC(=O)/C(C#N)=C/c2c(Oc3ccc(F)cc3)nc3c(C)cccn3c2=O)cc1. The van der Waals surface area contributed by atoms with Crippen LogP contribution in [0.15, 0.2) is 77.2 Å². The van der Waals surface area contributed by atoms with E-state index in [0.29, 0.717) is 11.3 Å². The van der Waals surface area contributed by atoms with Gasteiger partial charge in [-0.05, 0) is 68.0 Å². The van der Waals surface area contributed by atoms with Crippen LogP contribution in [-0.2, 0) is 4.79 Å². The average molecular weight is 454 g/mol. The predicted octanol–water partition coefficient (Wildman–Crippen LogP) is 4.79. The van der Waals surface area contributed by atoms with Gasteiger partial charge in [0.05, 0.1) is 0 Å². The molecule has 2 aromatic carbocycles. The number of nitrogens with zero attached hydrogens (tertiary/aromatic N) is 3. The molecule has 8 heteroatoms. The molecule has 0 fully saturated rings. The zero-order valence-corrected chi connectivity index (χ0v) is 18.4. The van der Waals surface area contributed by atoms with E-state index in [-0.39, 0.29) is 22.8 Å².